The summed E-state index contributed by atoms with van der Waals surface area (Å²) in [5.74, 6) is 1.14. The minimum Gasteiger partial charge on any atom is -0.497 e. The Bertz CT molecular complexity index is 1150. The number of carbonyl (C=O) groups is 1. The number of hydrogen-bond acceptors (Lipinski definition) is 5. The highest BCUT2D eigenvalue weighted by atomic mass is 79.9. The maximum absolute atomic E-state index is 12.4. The van der Waals surface area contributed by atoms with Gasteiger partial charge < -0.3 is 14.5 Å². The van der Waals surface area contributed by atoms with Crippen molar-refractivity contribution >= 4 is 45.2 Å². The molecule has 2 aromatic carbocycles. The van der Waals surface area contributed by atoms with Gasteiger partial charge in [-0.25, -0.2) is 0 Å². The number of carbonyl (C=O) groups excluding carboxylic acids is 1. The van der Waals surface area contributed by atoms with Gasteiger partial charge in [0, 0.05) is 21.7 Å². The van der Waals surface area contributed by atoms with Crippen LogP contribution in [0.25, 0.3) is 12.2 Å². The third-order valence-corrected chi connectivity index (χ3v) is 5.25. The van der Waals surface area contributed by atoms with Crippen LogP contribution in [-0.2, 0) is 0 Å². The summed E-state index contributed by atoms with van der Waals surface area (Å²) in [6.45, 7) is 0. The highest BCUT2D eigenvalue weighted by molar-refractivity contribution is 9.10. The smallest absolute Gasteiger partial charge is 0.266 e. The van der Waals surface area contributed by atoms with Crippen molar-refractivity contribution < 1.29 is 14.3 Å². The topological polar surface area (TPSA) is 68.4 Å². The van der Waals surface area contributed by atoms with Crippen LogP contribution in [0.3, 0.4) is 0 Å². The van der Waals surface area contributed by atoms with Crippen molar-refractivity contribution in [1.82, 2.24) is 4.98 Å². The van der Waals surface area contributed by atoms with Crippen molar-refractivity contribution in [2.75, 3.05) is 14.2 Å². The first-order valence-corrected chi connectivity index (χ1v) is 9.55. The van der Waals surface area contributed by atoms with Gasteiger partial charge >= 0.3 is 0 Å². The van der Waals surface area contributed by atoms with E-state index in [9.17, 15) is 9.59 Å². The first-order valence-electron chi connectivity index (χ1n) is 7.94. The van der Waals surface area contributed by atoms with E-state index >= 15 is 0 Å². The Kier molecular flexibility index (Phi) is 5.93. The molecule has 3 rings (SSSR count). The molecule has 0 unspecified atom stereocenters. The molecule has 1 N–H and O–H groups in total. The van der Waals surface area contributed by atoms with Gasteiger partial charge in [-0.3, -0.25) is 9.59 Å². The summed E-state index contributed by atoms with van der Waals surface area (Å²) in [5, 5.41) is 0. The average Bonchev–Trinajstić information content (AvgIpc) is 3.01. The molecule has 0 amide bonds. The van der Waals surface area contributed by atoms with E-state index in [1.54, 1.807) is 44.6 Å². The van der Waals surface area contributed by atoms with E-state index < -0.39 is 0 Å². The van der Waals surface area contributed by atoms with Crippen molar-refractivity contribution in [1.29, 1.82) is 0 Å². The molecule has 0 fully saturated rings. The summed E-state index contributed by atoms with van der Waals surface area (Å²) in [6.07, 6.45) is 3.16. The second-order valence-corrected chi connectivity index (χ2v) is 7.55. The average molecular weight is 446 g/mol. The SMILES string of the molecule is COc1ccc(C(=O)C=c2[nH]c(=O)c(=Cc3cc(Br)ccc3OC)s2)cc1. The van der Waals surface area contributed by atoms with Crippen LogP contribution in [0, 0.1) is 0 Å². The van der Waals surface area contributed by atoms with Crippen molar-refractivity contribution in [2.24, 2.45) is 0 Å². The zero-order valence-electron chi connectivity index (χ0n) is 14.6. The summed E-state index contributed by atoms with van der Waals surface area (Å²) in [6, 6.07) is 12.4. The number of aromatic nitrogens is 1. The van der Waals surface area contributed by atoms with Crippen molar-refractivity contribution in [3.05, 3.63) is 77.6 Å². The van der Waals surface area contributed by atoms with E-state index in [4.69, 9.17) is 9.47 Å². The second kappa shape index (κ2) is 8.37. The molecule has 27 heavy (non-hydrogen) atoms. The maximum Gasteiger partial charge on any atom is 0.266 e. The fraction of sp³-hybridized carbons (Fsp3) is 0.100. The highest BCUT2D eigenvalue weighted by Gasteiger charge is 2.05. The number of halogens is 1. The van der Waals surface area contributed by atoms with Crippen LogP contribution in [0.4, 0.5) is 0 Å². The molecule has 1 heterocycles. The van der Waals surface area contributed by atoms with Crippen LogP contribution in [0.5, 0.6) is 11.5 Å². The summed E-state index contributed by atoms with van der Waals surface area (Å²) < 4.78 is 12.3. The number of thiazole rings is 1. The normalized spacial score (nSPS) is 12.3. The van der Waals surface area contributed by atoms with Gasteiger partial charge in [-0.1, -0.05) is 15.9 Å². The Balaban J connectivity index is 1.98. The number of rotatable bonds is 5. The molecular formula is C20H16BrNO4S. The summed E-state index contributed by atoms with van der Waals surface area (Å²) >= 11 is 4.63. The van der Waals surface area contributed by atoms with Gasteiger partial charge in [0.1, 0.15) is 11.5 Å². The fourth-order valence-electron chi connectivity index (χ4n) is 2.44. The van der Waals surface area contributed by atoms with Crippen molar-refractivity contribution in [3.63, 3.8) is 0 Å². The molecule has 7 heteroatoms. The molecule has 1 aromatic heterocycles. The van der Waals surface area contributed by atoms with Crippen molar-refractivity contribution in [3.8, 4) is 11.5 Å². The van der Waals surface area contributed by atoms with Gasteiger partial charge in [0.25, 0.3) is 5.56 Å². The molecule has 0 aliphatic carbocycles. The molecule has 3 aromatic rings. The maximum atomic E-state index is 12.4. The molecule has 0 saturated carbocycles. The number of benzene rings is 2. The molecule has 0 aliphatic rings. The minimum absolute atomic E-state index is 0.193. The number of H-pyrrole nitrogens is 1. The number of hydrogen-bond donors (Lipinski definition) is 1. The Hall–Kier alpha value is -2.64. The van der Waals surface area contributed by atoms with E-state index in [1.165, 1.54) is 17.4 Å². The van der Waals surface area contributed by atoms with Crippen LogP contribution >= 0.6 is 27.3 Å². The van der Waals surface area contributed by atoms with Gasteiger partial charge in [0.05, 0.1) is 23.4 Å². The lowest BCUT2D eigenvalue weighted by Gasteiger charge is -2.04. The number of ketones is 1. The molecule has 0 atom stereocenters. The Morgan fingerprint density at radius 2 is 1.85 bits per heavy atom. The number of aromatic amines is 1. The predicted octanol–water partition coefficient (Wildman–Crippen LogP) is 2.71. The molecular weight excluding hydrogens is 430 g/mol. The quantitative estimate of drug-likeness (QED) is 0.613. The third kappa shape index (κ3) is 4.56. The van der Waals surface area contributed by atoms with E-state index in [0.717, 1.165) is 10.0 Å². The van der Waals surface area contributed by atoms with Crippen LogP contribution < -0.4 is 24.2 Å². The van der Waals surface area contributed by atoms with Crippen molar-refractivity contribution in [2.45, 2.75) is 0 Å². The summed E-state index contributed by atoms with van der Waals surface area (Å²) in [7, 11) is 3.14. The lowest BCUT2D eigenvalue weighted by Crippen LogP contribution is -2.20. The zero-order chi connectivity index (χ0) is 19.4. The van der Waals surface area contributed by atoms with Gasteiger partial charge in [-0.15, -0.1) is 11.3 Å². The van der Waals surface area contributed by atoms with Crippen LogP contribution in [0.15, 0.2) is 51.7 Å². The number of Topliss-reactive ketones (excluding diaryl/α,β-unsaturated/α-hetero) is 1. The monoisotopic (exact) mass is 445 g/mol. The molecule has 0 aliphatic heterocycles. The number of methoxy groups -OCH3 is 2. The van der Waals surface area contributed by atoms with Crippen LogP contribution in [0.1, 0.15) is 15.9 Å². The Morgan fingerprint density at radius 3 is 2.52 bits per heavy atom. The van der Waals surface area contributed by atoms with Gasteiger partial charge in [-0.2, -0.15) is 0 Å². The van der Waals surface area contributed by atoms with E-state index in [1.807, 2.05) is 18.2 Å². The Labute approximate surface area is 167 Å². The molecule has 138 valence electrons. The molecule has 0 spiro atoms. The molecule has 0 bridgehead atoms. The van der Waals surface area contributed by atoms with Crippen LogP contribution in [-0.4, -0.2) is 25.0 Å². The highest BCUT2D eigenvalue weighted by Crippen LogP contribution is 2.23. The lowest BCUT2D eigenvalue weighted by atomic mass is 10.1. The first-order chi connectivity index (χ1) is 13.0. The van der Waals surface area contributed by atoms with Gasteiger partial charge in [0.2, 0.25) is 0 Å². The van der Waals surface area contributed by atoms with E-state index in [-0.39, 0.29) is 11.3 Å². The summed E-state index contributed by atoms with van der Waals surface area (Å²) in [5.41, 5.74) is 1.03. The minimum atomic E-state index is -0.254. The van der Waals surface area contributed by atoms with Gasteiger partial charge in [0.15, 0.2) is 5.78 Å². The fourth-order valence-corrected chi connectivity index (χ4v) is 3.70. The lowest BCUT2D eigenvalue weighted by molar-refractivity contribution is 0.106. The molecule has 0 radical (unpaired) electrons. The number of ether oxygens (including phenoxy) is 2. The van der Waals surface area contributed by atoms with E-state index in [0.29, 0.717) is 26.3 Å². The second-order valence-electron chi connectivity index (χ2n) is 5.55. The first kappa shape index (κ1) is 19.1. The Morgan fingerprint density at radius 1 is 1.11 bits per heavy atom. The molecule has 5 nitrogen and oxygen atoms in total. The standard InChI is InChI=1S/C20H16BrNO4S/c1-25-15-6-3-12(4-7-15)16(23)11-19-22-20(24)18(27-19)10-13-9-14(21)5-8-17(13)26-2/h3-11H,1-2H3,(H,22,24). The zero-order valence-corrected chi connectivity index (χ0v) is 17.0. The third-order valence-electron chi connectivity index (χ3n) is 3.80. The number of nitrogens with one attached hydrogen (secondary N) is 1. The summed E-state index contributed by atoms with van der Waals surface area (Å²) in [4.78, 5) is 27.4. The van der Waals surface area contributed by atoms with Gasteiger partial charge in [-0.05, 0) is 48.5 Å². The van der Waals surface area contributed by atoms with E-state index in [2.05, 4.69) is 20.9 Å². The predicted molar refractivity (Wildman–Crippen MR) is 110 cm³/mol. The largest absolute Gasteiger partial charge is 0.497 e. The van der Waals surface area contributed by atoms with Crippen LogP contribution in [0.2, 0.25) is 0 Å². The molecule has 0 saturated heterocycles.